The molecule has 1 saturated heterocycles. The molecule has 2 unspecified atom stereocenters. The molecule has 1 aliphatic rings. The van der Waals surface area contributed by atoms with Crippen molar-refractivity contribution in [2.24, 2.45) is 0 Å². The molecule has 0 spiro atoms. The summed E-state index contributed by atoms with van der Waals surface area (Å²) in [7, 11) is 0. The molecule has 158 valence electrons. The average molecular weight is 420 g/mol. The predicted octanol–water partition coefficient (Wildman–Crippen LogP) is 1.80. The largest absolute Gasteiger partial charge is 0.480 e. The van der Waals surface area contributed by atoms with Crippen LogP contribution in [-0.2, 0) is 16.0 Å². The number of anilines is 1. The number of hydrogen-bond acceptors (Lipinski definition) is 7. The van der Waals surface area contributed by atoms with E-state index in [1.54, 1.807) is 18.0 Å². The summed E-state index contributed by atoms with van der Waals surface area (Å²) in [6, 6.07) is 6.32. The second kappa shape index (κ2) is 7.38. The van der Waals surface area contributed by atoms with Crippen molar-refractivity contribution in [1.29, 1.82) is 0 Å². The second-order valence-electron chi connectivity index (χ2n) is 7.61. The molecule has 1 fully saturated rings. The SMILES string of the molecule is Cc1nc(N2CC(NC(=O)Cc3c[nH]cn3)CC2C(=O)O)c2oc3ccccc3c2n1. The Morgan fingerprint density at radius 1 is 1.32 bits per heavy atom. The maximum atomic E-state index is 12.4. The minimum absolute atomic E-state index is 0.123. The third kappa shape index (κ3) is 3.45. The predicted molar refractivity (Wildman–Crippen MR) is 112 cm³/mol. The van der Waals surface area contributed by atoms with Crippen molar-refractivity contribution in [1.82, 2.24) is 25.3 Å². The average Bonchev–Trinajstić information content (AvgIpc) is 3.46. The number of rotatable bonds is 5. The van der Waals surface area contributed by atoms with Crippen LogP contribution in [0.3, 0.4) is 0 Å². The maximum absolute atomic E-state index is 12.4. The molecule has 1 amide bonds. The lowest BCUT2D eigenvalue weighted by Gasteiger charge is -2.22. The molecule has 31 heavy (non-hydrogen) atoms. The van der Waals surface area contributed by atoms with E-state index in [-0.39, 0.29) is 24.8 Å². The molecule has 4 heterocycles. The van der Waals surface area contributed by atoms with Crippen LogP contribution in [0.25, 0.3) is 22.1 Å². The van der Waals surface area contributed by atoms with Crippen LogP contribution in [0.1, 0.15) is 17.9 Å². The van der Waals surface area contributed by atoms with Gasteiger partial charge in [0.25, 0.3) is 0 Å². The zero-order chi connectivity index (χ0) is 21.5. The number of benzene rings is 1. The first-order chi connectivity index (χ1) is 15.0. The number of nitrogens with one attached hydrogen (secondary N) is 2. The fourth-order valence-electron chi connectivity index (χ4n) is 4.12. The van der Waals surface area contributed by atoms with E-state index in [2.05, 4.69) is 25.3 Å². The highest BCUT2D eigenvalue weighted by molar-refractivity contribution is 6.06. The van der Waals surface area contributed by atoms with Gasteiger partial charge in [-0.3, -0.25) is 4.79 Å². The summed E-state index contributed by atoms with van der Waals surface area (Å²) in [5.41, 5.74) is 2.38. The Morgan fingerprint density at radius 3 is 2.94 bits per heavy atom. The van der Waals surface area contributed by atoms with E-state index in [0.717, 1.165) is 5.39 Å². The summed E-state index contributed by atoms with van der Waals surface area (Å²) in [6.07, 6.45) is 3.55. The summed E-state index contributed by atoms with van der Waals surface area (Å²) in [5, 5.41) is 13.6. The smallest absolute Gasteiger partial charge is 0.326 e. The minimum atomic E-state index is -0.982. The first kappa shape index (κ1) is 19.0. The topological polar surface area (TPSA) is 137 Å². The van der Waals surface area contributed by atoms with Crippen LogP contribution in [0.4, 0.5) is 5.82 Å². The van der Waals surface area contributed by atoms with Crippen molar-refractivity contribution in [3.8, 4) is 0 Å². The Balaban J connectivity index is 1.47. The van der Waals surface area contributed by atoms with Gasteiger partial charge in [-0.25, -0.2) is 19.7 Å². The number of carbonyl (C=O) groups is 2. The number of aromatic nitrogens is 4. The number of aryl methyl sites for hydroxylation is 1. The van der Waals surface area contributed by atoms with Gasteiger partial charge in [0.2, 0.25) is 5.91 Å². The van der Waals surface area contributed by atoms with Gasteiger partial charge in [-0.1, -0.05) is 12.1 Å². The highest BCUT2D eigenvalue weighted by atomic mass is 16.4. The molecule has 1 aliphatic heterocycles. The van der Waals surface area contributed by atoms with Crippen molar-refractivity contribution in [2.45, 2.75) is 31.8 Å². The lowest BCUT2D eigenvalue weighted by molar-refractivity contribution is -0.138. The van der Waals surface area contributed by atoms with Gasteiger partial charge in [0, 0.05) is 30.6 Å². The zero-order valence-electron chi connectivity index (χ0n) is 16.7. The molecule has 0 radical (unpaired) electrons. The van der Waals surface area contributed by atoms with Gasteiger partial charge >= 0.3 is 5.97 Å². The van der Waals surface area contributed by atoms with Crippen molar-refractivity contribution < 1.29 is 19.1 Å². The fraction of sp³-hybridized carbons (Fsp3) is 0.286. The van der Waals surface area contributed by atoms with Gasteiger partial charge < -0.3 is 24.7 Å². The molecule has 3 N–H and O–H groups in total. The summed E-state index contributed by atoms with van der Waals surface area (Å²) >= 11 is 0. The molecule has 4 aromatic rings. The summed E-state index contributed by atoms with van der Waals surface area (Å²) in [4.78, 5) is 42.0. The highest BCUT2D eigenvalue weighted by Crippen LogP contribution is 2.35. The number of nitrogens with zero attached hydrogens (tertiary/aromatic N) is 4. The molecule has 10 heteroatoms. The Labute approximate surface area is 176 Å². The van der Waals surface area contributed by atoms with Gasteiger partial charge in [0.15, 0.2) is 11.4 Å². The zero-order valence-corrected chi connectivity index (χ0v) is 16.7. The van der Waals surface area contributed by atoms with Crippen molar-refractivity contribution >= 4 is 39.8 Å². The third-order valence-electron chi connectivity index (χ3n) is 5.43. The summed E-state index contributed by atoms with van der Waals surface area (Å²) < 4.78 is 6.01. The summed E-state index contributed by atoms with van der Waals surface area (Å²) in [6.45, 7) is 2.06. The normalized spacial score (nSPS) is 18.7. The van der Waals surface area contributed by atoms with E-state index in [1.807, 2.05) is 24.3 Å². The van der Waals surface area contributed by atoms with Gasteiger partial charge in [0.05, 0.1) is 18.4 Å². The third-order valence-corrected chi connectivity index (χ3v) is 5.43. The Bertz CT molecular complexity index is 1280. The van der Waals surface area contributed by atoms with E-state index in [0.29, 0.717) is 40.6 Å². The number of aliphatic carboxylic acids is 1. The van der Waals surface area contributed by atoms with E-state index in [4.69, 9.17) is 4.42 Å². The second-order valence-corrected chi connectivity index (χ2v) is 7.61. The van der Waals surface area contributed by atoms with E-state index < -0.39 is 12.0 Å². The van der Waals surface area contributed by atoms with Gasteiger partial charge in [-0.15, -0.1) is 0 Å². The van der Waals surface area contributed by atoms with Crippen LogP contribution in [0.5, 0.6) is 0 Å². The summed E-state index contributed by atoms with van der Waals surface area (Å²) in [5.74, 6) is -0.250. The first-order valence-electron chi connectivity index (χ1n) is 9.92. The first-order valence-corrected chi connectivity index (χ1v) is 9.92. The molecule has 0 saturated carbocycles. The number of carboxylic acids is 1. The molecule has 1 aromatic carbocycles. The number of hydrogen-bond donors (Lipinski definition) is 3. The van der Waals surface area contributed by atoms with Crippen LogP contribution >= 0.6 is 0 Å². The number of para-hydroxylation sites is 1. The molecule has 5 rings (SSSR count). The molecule has 0 aliphatic carbocycles. The van der Waals surface area contributed by atoms with Crippen LogP contribution in [-0.4, -0.2) is 55.5 Å². The van der Waals surface area contributed by atoms with E-state index in [1.165, 1.54) is 6.33 Å². The van der Waals surface area contributed by atoms with Crippen LogP contribution in [0.2, 0.25) is 0 Å². The van der Waals surface area contributed by atoms with Crippen LogP contribution in [0.15, 0.2) is 41.2 Å². The number of furan rings is 1. The molecular weight excluding hydrogens is 400 g/mol. The number of amides is 1. The molecule has 0 bridgehead atoms. The number of H-pyrrole nitrogens is 1. The number of imidazole rings is 1. The fourth-order valence-corrected chi connectivity index (χ4v) is 4.12. The minimum Gasteiger partial charge on any atom is -0.480 e. The monoisotopic (exact) mass is 420 g/mol. The molecule has 10 nitrogen and oxygen atoms in total. The van der Waals surface area contributed by atoms with Gasteiger partial charge in [-0.2, -0.15) is 0 Å². The number of fused-ring (bicyclic) bond motifs is 3. The van der Waals surface area contributed by atoms with Crippen molar-refractivity contribution in [3.63, 3.8) is 0 Å². The van der Waals surface area contributed by atoms with Gasteiger partial charge in [0.1, 0.15) is 23.0 Å². The van der Waals surface area contributed by atoms with Gasteiger partial charge in [-0.05, 0) is 19.1 Å². The maximum Gasteiger partial charge on any atom is 0.326 e. The van der Waals surface area contributed by atoms with E-state index in [9.17, 15) is 14.7 Å². The Kier molecular flexibility index (Phi) is 4.54. The van der Waals surface area contributed by atoms with E-state index >= 15 is 0 Å². The van der Waals surface area contributed by atoms with Crippen LogP contribution < -0.4 is 10.2 Å². The lowest BCUT2D eigenvalue weighted by atomic mass is 10.1. The molecule has 2 atom stereocenters. The Hall–Kier alpha value is -3.95. The molecule has 3 aromatic heterocycles. The lowest BCUT2D eigenvalue weighted by Crippen LogP contribution is -2.39. The molecular formula is C21H20N6O4. The Morgan fingerprint density at radius 2 is 2.16 bits per heavy atom. The van der Waals surface area contributed by atoms with Crippen LogP contribution in [0, 0.1) is 6.92 Å². The number of carbonyl (C=O) groups excluding carboxylic acids is 1. The quantitative estimate of drug-likeness (QED) is 0.444. The number of aromatic amines is 1. The highest BCUT2D eigenvalue weighted by Gasteiger charge is 2.40. The number of carboxylic acid groups (broad SMARTS) is 1. The van der Waals surface area contributed by atoms with Crippen molar-refractivity contribution in [2.75, 3.05) is 11.4 Å². The standard InChI is InChI=1S/C21H20N6O4/c1-11-24-18-14-4-2-3-5-16(14)31-19(18)20(25-11)27-9-13(6-15(27)21(29)30)26-17(28)7-12-8-22-10-23-12/h2-5,8,10,13,15H,6-7,9H2,1H3,(H,22,23)(H,26,28)(H,29,30). The van der Waals surface area contributed by atoms with Crippen molar-refractivity contribution in [3.05, 3.63) is 48.3 Å².